The molecule has 10 heteroatoms. The molecule has 1 saturated heterocycles. The fraction of sp³-hybridized carbons (Fsp3) is 0.625. The first-order valence-electron chi connectivity index (χ1n) is 8.27. The van der Waals surface area contributed by atoms with Gasteiger partial charge in [0, 0.05) is 38.4 Å². The number of unbranched alkanes of at least 4 members (excludes halogenated alkanes) is 1. The Balaban J connectivity index is 0.000000487. The molecule has 146 valence electrons. The summed E-state index contributed by atoms with van der Waals surface area (Å²) >= 11 is 0. The van der Waals surface area contributed by atoms with E-state index in [-0.39, 0.29) is 11.2 Å². The molecule has 0 unspecified atom stereocenters. The number of nitrogens with zero attached hydrogens (tertiary/aromatic N) is 3. The third-order valence-electron chi connectivity index (χ3n) is 4.00. The molecule has 1 aliphatic rings. The third kappa shape index (κ3) is 6.81. The molecular formula is C16H25N3O7. The van der Waals surface area contributed by atoms with Crippen LogP contribution in [0.25, 0.3) is 0 Å². The molecule has 2 heterocycles. The summed E-state index contributed by atoms with van der Waals surface area (Å²) in [5.74, 6) is -3.65. The summed E-state index contributed by atoms with van der Waals surface area (Å²) in [6.07, 6.45) is 1.99. The number of aromatic nitrogens is 2. The SMILES string of the molecule is Cc1cc(=O)n(C)c(=O)n1CCCCN1CCOCC1.O=C(O)C(=O)O. The van der Waals surface area contributed by atoms with E-state index in [1.165, 1.54) is 13.1 Å². The molecule has 10 nitrogen and oxygen atoms in total. The van der Waals surface area contributed by atoms with Crippen LogP contribution in [0.1, 0.15) is 18.5 Å². The smallest absolute Gasteiger partial charge is 0.414 e. The number of carboxylic acid groups (broad SMARTS) is 2. The highest BCUT2D eigenvalue weighted by Crippen LogP contribution is 2.02. The Bertz CT molecular complexity index is 720. The lowest BCUT2D eigenvalue weighted by Gasteiger charge is -2.26. The molecule has 0 spiro atoms. The normalized spacial score (nSPS) is 14.4. The summed E-state index contributed by atoms with van der Waals surface area (Å²) in [6.45, 7) is 7.16. The van der Waals surface area contributed by atoms with E-state index in [9.17, 15) is 9.59 Å². The first-order valence-corrected chi connectivity index (χ1v) is 8.27. The van der Waals surface area contributed by atoms with Gasteiger partial charge in [0.25, 0.3) is 5.56 Å². The highest BCUT2D eigenvalue weighted by atomic mass is 16.5. The molecule has 0 saturated carbocycles. The van der Waals surface area contributed by atoms with Crippen LogP contribution >= 0.6 is 0 Å². The summed E-state index contributed by atoms with van der Waals surface area (Å²) in [5, 5.41) is 14.8. The van der Waals surface area contributed by atoms with Gasteiger partial charge in [-0.1, -0.05) is 0 Å². The van der Waals surface area contributed by atoms with E-state index in [1.54, 1.807) is 4.57 Å². The lowest BCUT2D eigenvalue weighted by molar-refractivity contribution is -0.159. The Kier molecular flexibility index (Phi) is 8.73. The number of ether oxygens (including phenoxy) is 1. The molecule has 2 N–H and O–H groups in total. The summed E-state index contributed by atoms with van der Waals surface area (Å²) < 4.78 is 8.15. The zero-order chi connectivity index (χ0) is 19.7. The van der Waals surface area contributed by atoms with Crippen molar-refractivity contribution in [3.8, 4) is 0 Å². The van der Waals surface area contributed by atoms with Crippen molar-refractivity contribution in [3.63, 3.8) is 0 Å². The zero-order valence-corrected chi connectivity index (χ0v) is 15.0. The molecule has 1 fully saturated rings. The van der Waals surface area contributed by atoms with E-state index >= 15 is 0 Å². The Morgan fingerprint density at radius 2 is 1.62 bits per heavy atom. The van der Waals surface area contributed by atoms with Gasteiger partial charge in [0.2, 0.25) is 0 Å². The lowest BCUT2D eigenvalue weighted by Crippen LogP contribution is -2.39. The van der Waals surface area contributed by atoms with E-state index in [0.29, 0.717) is 6.54 Å². The van der Waals surface area contributed by atoms with E-state index in [0.717, 1.165) is 56.0 Å². The monoisotopic (exact) mass is 371 g/mol. The predicted octanol–water partition coefficient (Wildman–Crippen LogP) is -0.877. The molecule has 1 aromatic heterocycles. The highest BCUT2D eigenvalue weighted by Gasteiger charge is 2.10. The van der Waals surface area contributed by atoms with Gasteiger partial charge in [0.15, 0.2) is 0 Å². The number of aliphatic carboxylic acids is 2. The lowest BCUT2D eigenvalue weighted by atomic mass is 10.2. The number of hydrogen-bond acceptors (Lipinski definition) is 6. The van der Waals surface area contributed by atoms with Gasteiger partial charge in [-0.05, 0) is 26.3 Å². The van der Waals surface area contributed by atoms with Crippen molar-refractivity contribution in [1.82, 2.24) is 14.0 Å². The van der Waals surface area contributed by atoms with Gasteiger partial charge >= 0.3 is 17.6 Å². The maximum atomic E-state index is 12.0. The number of hydrogen-bond donors (Lipinski definition) is 2. The van der Waals surface area contributed by atoms with Gasteiger partial charge in [0.05, 0.1) is 13.2 Å². The second kappa shape index (κ2) is 10.5. The van der Waals surface area contributed by atoms with Crippen LogP contribution in [0.15, 0.2) is 15.7 Å². The highest BCUT2D eigenvalue weighted by molar-refractivity contribution is 6.27. The van der Waals surface area contributed by atoms with Crippen LogP contribution in [0, 0.1) is 6.92 Å². The van der Waals surface area contributed by atoms with Gasteiger partial charge in [-0.3, -0.25) is 18.8 Å². The fourth-order valence-corrected chi connectivity index (χ4v) is 2.48. The molecule has 0 amide bonds. The molecule has 0 aromatic carbocycles. The molecule has 0 aliphatic carbocycles. The Morgan fingerprint density at radius 1 is 1.08 bits per heavy atom. The van der Waals surface area contributed by atoms with Gasteiger partial charge in [-0.15, -0.1) is 0 Å². The van der Waals surface area contributed by atoms with Gasteiger partial charge in [0.1, 0.15) is 0 Å². The molecule has 1 aliphatic heterocycles. The molecule has 1 aromatic rings. The van der Waals surface area contributed by atoms with Crippen LogP contribution in [-0.2, 0) is 27.9 Å². The summed E-state index contributed by atoms with van der Waals surface area (Å²) in [4.78, 5) is 44.1. The summed E-state index contributed by atoms with van der Waals surface area (Å²) in [5.41, 5.74) is 0.280. The number of carbonyl (C=O) groups is 2. The number of carboxylic acids is 2. The molecular weight excluding hydrogens is 346 g/mol. The Hall–Kier alpha value is -2.46. The average Bonchev–Trinajstić information content (AvgIpc) is 2.60. The van der Waals surface area contributed by atoms with Crippen LogP contribution in [0.4, 0.5) is 0 Å². The zero-order valence-electron chi connectivity index (χ0n) is 15.0. The fourth-order valence-electron chi connectivity index (χ4n) is 2.48. The molecule has 2 rings (SSSR count). The minimum Gasteiger partial charge on any atom is -0.473 e. The first-order chi connectivity index (χ1) is 12.2. The quantitative estimate of drug-likeness (QED) is 0.504. The van der Waals surface area contributed by atoms with Crippen molar-refractivity contribution < 1.29 is 24.5 Å². The Labute approximate surface area is 150 Å². The van der Waals surface area contributed by atoms with Crippen molar-refractivity contribution in [2.45, 2.75) is 26.3 Å². The van der Waals surface area contributed by atoms with Gasteiger partial charge in [-0.2, -0.15) is 0 Å². The topological polar surface area (TPSA) is 131 Å². The van der Waals surface area contributed by atoms with Crippen LogP contribution in [0.2, 0.25) is 0 Å². The molecule has 0 bridgehead atoms. The van der Waals surface area contributed by atoms with Crippen LogP contribution in [-0.4, -0.2) is 69.0 Å². The largest absolute Gasteiger partial charge is 0.473 e. The number of morpholine rings is 1. The number of aryl methyl sites for hydroxylation is 1. The first kappa shape index (κ1) is 21.6. The second-order valence-corrected chi connectivity index (χ2v) is 5.89. The minimum atomic E-state index is -1.82. The van der Waals surface area contributed by atoms with Crippen molar-refractivity contribution in [1.29, 1.82) is 0 Å². The molecule has 0 radical (unpaired) electrons. The van der Waals surface area contributed by atoms with E-state index in [2.05, 4.69) is 4.90 Å². The molecule has 0 atom stereocenters. The maximum absolute atomic E-state index is 12.0. The maximum Gasteiger partial charge on any atom is 0.414 e. The van der Waals surface area contributed by atoms with E-state index < -0.39 is 11.9 Å². The second-order valence-electron chi connectivity index (χ2n) is 5.89. The van der Waals surface area contributed by atoms with Crippen molar-refractivity contribution in [2.24, 2.45) is 7.05 Å². The van der Waals surface area contributed by atoms with E-state index in [1.807, 2.05) is 6.92 Å². The van der Waals surface area contributed by atoms with Crippen molar-refractivity contribution in [2.75, 3.05) is 32.8 Å². The van der Waals surface area contributed by atoms with Crippen molar-refractivity contribution in [3.05, 3.63) is 32.6 Å². The van der Waals surface area contributed by atoms with E-state index in [4.69, 9.17) is 24.5 Å². The summed E-state index contributed by atoms with van der Waals surface area (Å²) in [7, 11) is 1.52. The number of rotatable bonds is 5. The standard InChI is InChI=1S/C14H23N3O3.C2H2O4/c1-12-11-13(18)15(2)14(19)17(12)6-4-3-5-16-7-9-20-10-8-16;3-1(4)2(5)6/h11H,3-10H2,1-2H3;(H,3,4)(H,5,6). The predicted molar refractivity (Wildman–Crippen MR) is 92.4 cm³/mol. The van der Waals surface area contributed by atoms with Gasteiger partial charge < -0.3 is 14.9 Å². The average molecular weight is 371 g/mol. The Morgan fingerprint density at radius 3 is 2.15 bits per heavy atom. The van der Waals surface area contributed by atoms with Crippen LogP contribution < -0.4 is 11.2 Å². The third-order valence-corrected chi connectivity index (χ3v) is 4.00. The van der Waals surface area contributed by atoms with Crippen LogP contribution in [0.5, 0.6) is 0 Å². The minimum absolute atomic E-state index is 0.221. The van der Waals surface area contributed by atoms with Gasteiger partial charge in [-0.25, -0.2) is 14.4 Å². The van der Waals surface area contributed by atoms with Crippen molar-refractivity contribution >= 4 is 11.9 Å². The van der Waals surface area contributed by atoms with Crippen LogP contribution in [0.3, 0.4) is 0 Å². The molecule has 26 heavy (non-hydrogen) atoms. The summed E-state index contributed by atoms with van der Waals surface area (Å²) in [6, 6.07) is 1.52.